The number of rotatable bonds is 7. The average molecular weight is 450 g/mol. The molecule has 4 N–H and O–H groups in total. The molecule has 0 aromatic heterocycles. The summed E-state index contributed by atoms with van der Waals surface area (Å²) in [6.45, 7) is 10.8. The topological polar surface area (TPSA) is 120 Å². The Morgan fingerprint density at radius 3 is 2.50 bits per heavy atom. The minimum absolute atomic E-state index is 0.256. The van der Waals surface area contributed by atoms with Gasteiger partial charge in [-0.2, -0.15) is 0 Å². The highest BCUT2D eigenvalue weighted by Gasteiger charge is 2.42. The predicted octanol–water partition coefficient (Wildman–Crippen LogP) is 0.327. The monoisotopic (exact) mass is 449 g/mol. The van der Waals surface area contributed by atoms with Crippen LogP contribution in [0, 0.1) is 20.8 Å². The fourth-order valence-electron chi connectivity index (χ4n) is 4.20. The van der Waals surface area contributed by atoms with E-state index in [1.807, 2.05) is 20.8 Å². The van der Waals surface area contributed by atoms with Crippen molar-refractivity contribution in [2.45, 2.75) is 52.2 Å². The second kappa shape index (κ2) is 10.1. The largest absolute Gasteiger partial charge is 0.507 e. The highest BCUT2D eigenvalue weighted by molar-refractivity contribution is 5.92. The summed E-state index contributed by atoms with van der Waals surface area (Å²) in [6, 6.07) is -1.06. The summed E-state index contributed by atoms with van der Waals surface area (Å²) in [5.74, 6) is -0.0146. The zero-order valence-electron chi connectivity index (χ0n) is 19.4. The van der Waals surface area contributed by atoms with Gasteiger partial charge in [0.15, 0.2) is 5.60 Å². The van der Waals surface area contributed by atoms with Crippen LogP contribution >= 0.6 is 0 Å². The molecule has 2 amide bonds. The first-order chi connectivity index (χ1) is 15.2. The van der Waals surface area contributed by atoms with Gasteiger partial charge in [0.1, 0.15) is 17.5 Å². The Hall–Kier alpha value is -2.36. The molecule has 2 atom stereocenters. The number of phenolic OH excluding ortho intramolecular Hbond substituents is 1. The van der Waals surface area contributed by atoms with Gasteiger partial charge in [-0.15, -0.1) is 0 Å². The first-order valence-corrected chi connectivity index (χ1v) is 11.2. The van der Waals surface area contributed by atoms with Crippen LogP contribution in [0.3, 0.4) is 0 Å². The van der Waals surface area contributed by atoms with Crippen molar-refractivity contribution >= 4 is 11.8 Å². The Morgan fingerprint density at radius 2 is 1.84 bits per heavy atom. The van der Waals surface area contributed by atoms with Crippen molar-refractivity contribution in [2.75, 3.05) is 46.0 Å². The van der Waals surface area contributed by atoms with Crippen molar-refractivity contribution in [1.82, 2.24) is 15.5 Å². The Labute approximate surface area is 189 Å². The van der Waals surface area contributed by atoms with Crippen LogP contribution < -0.4 is 15.4 Å². The van der Waals surface area contributed by atoms with Gasteiger partial charge in [-0.1, -0.05) is 0 Å². The van der Waals surface area contributed by atoms with E-state index in [2.05, 4.69) is 15.5 Å². The normalized spacial score (nSPS) is 21.9. The van der Waals surface area contributed by atoms with Gasteiger partial charge in [0.05, 0.1) is 19.8 Å². The number of carbonyl (C=O) groups excluding carboxylic acids is 2. The molecule has 0 spiro atoms. The first-order valence-electron chi connectivity index (χ1n) is 11.2. The number of aromatic hydroxyl groups is 1. The first kappa shape index (κ1) is 24.3. The maximum Gasteiger partial charge on any atom is 0.264 e. The van der Waals surface area contributed by atoms with Crippen molar-refractivity contribution in [3.05, 3.63) is 22.3 Å². The molecule has 0 saturated carbocycles. The van der Waals surface area contributed by atoms with Crippen LogP contribution in [0.15, 0.2) is 0 Å². The molecule has 32 heavy (non-hydrogen) atoms. The molecule has 2 aliphatic heterocycles. The van der Waals surface area contributed by atoms with E-state index in [1.165, 1.54) is 0 Å². The quantitative estimate of drug-likeness (QED) is 0.473. The van der Waals surface area contributed by atoms with Crippen molar-refractivity contribution in [1.29, 1.82) is 0 Å². The highest BCUT2D eigenvalue weighted by Crippen LogP contribution is 2.43. The second-order valence-electron chi connectivity index (χ2n) is 8.82. The summed E-state index contributed by atoms with van der Waals surface area (Å²) >= 11 is 0. The van der Waals surface area contributed by atoms with Crippen LogP contribution in [0.2, 0.25) is 0 Å². The summed E-state index contributed by atoms with van der Waals surface area (Å²) < 4.78 is 11.5. The van der Waals surface area contributed by atoms with E-state index in [0.717, 1.165) is 35.3 Å². The Balaban J connectivity index is 1.61. The number of morpholine rings is 1. The molecule has 2 heterocycles. The van der Waals surface area contributed by atoms with Gasteiger partial charge in [-0.05, 0) is 50.8 Å². The number of benzene rings is 1. The van der Waals surface area contributed by atoms with Gasteiger partial charge in [0, 0.05) is 38.2 Å². The van der Waals surface area contributed by atoms with Crippen molar-refractivity contribution in [3.63, 3.8) is 0 Å². The molecule has 3 rings (SSSR count). The van der Waals surface area contributed by atoms with Gasteiger partial charge in [0.25, 0.3) is 5.91 Å². The summed E-state index contributed by atoms with van der Waals surface area (Å²) in [6.07, 6.45) is 0.959. The zero-order valence-corrected chi connectivity index (χ0v) is 19.4. The molecule has 0 radical (unpaired) electrons. The number of phenols is 1. The van der Waals surface area contributed by atoms with Gasteiger partial charge in [0.2, 0.25) is 5.91 Å². The predicted molar refractivity (Wildman–Crippen MR) is 119 cm³/mol. The lowest BCUT2D eigenvalue weighted by atomic mass is 9.86. The van der Waals surface area contributed by atoms with Gasteiger partial charge >= 0.3 is 0 Å². The third kappa shape index (κ3) is 5.00. The van der Waals surface area contributed by atoms with E-state index >= 15 is 0 Å². The zero-order chi connectivity index (χ0) is 23.5. The van der Waals surface area contributed by atoms with E-state index in [9.17, 15) is 19.8 Å². The van der Waals surface area contributed by atoms with E-state index in [4.69, 9.17) is 9.47 Å². The van der Waals surface area contributed by atoms with E-state index in [-0.39, 0.29) is 5.75 Å². The maximum atomic E-state index is 13.1. The average Bonchev–Trinajstić information content (AvgIpc) is 2.80. The molecule has 1 aromatic carbocycles. The Kier molecular flexibility index (Phi) is 7.63. The van der Waals surface area contributed by atoms with Crippen LogP contribution in [-0.2, 0) is 20.7 Å². The number of ether oxygens (including phenoxy) is 2. The summed E-state index contributed by atoms with van der Waals surface area (Å²) in [4.78, 5) is 27.8. The SMILES string of the molecule is Cc1c(C)c2c(c(C)c1O)CCC(C)(C(=O)NC(CO)C(=O)NCCN1CCOCC1)O2. The fraction of sp³-hybridized carbons (Fsp3) is 0.652. The van der Waals surface area contributed by atoms with E-state index < -0.39 is 30.1 Å². The van der Waals surface area contributed by atoms with Crippen molar-refractivity contribution < 1.29 is 29.3 Å². The number of hydrogen-bond acceptors (Lipinski definition) is 7. The van der Waals surface area contributed by atoms with Gasteiger partial charge in [-0.25, -0.2) is 0 Å². The Bertz CT molecular complexity index is 868. The molecule has 9 heteroatoms. The molecule has 2 aliphatic rings. The molecule has 0 bridgehead atoms. The third-order valence-corrected chi connectivity index (χ3v) is 6.64. The molecule has 1 saturated heterocycles. The number of fused-ring (bicyclic) bond motifs is 1. The minimum Gasteiger partial charge on any atom is -0.507 e. The number of nitrogens with zero attached hydrogens (tertiary/aromatic N) is 1. The second-order valence-corrected chi connectivity index (χ2v) is 8.82. The van der Waals surface area contributed by atoms with E-state index in [0.29, 0.717) is 44.9 Å². The molecule has 0 aliphatic carbocycles. The molecule has 178 valence electrons. The van der Waals surface area contributed by atoms with Gasteiger partial charge < -0.3 is 30.3 Å². The van der Waals surface area contributed by atoms with Gasteiger partial charge in [-0.3, -0.25) is 14.5 Å². The van der Waals surface area contributed by atoms with Crippen molar-refractivity contribution in [2.24, 2.45) is 0 Å². The van der Waals surface area contributed by atoms with Crippen LogP contribution in [0.1, 0.15) is 35.6 Å². The summed E-state index contributed by atoms with van der Waals surface area (Å²) in [7, 11) is 0. The van der Waals surface area contributed by atoms with Crippen LogP contribution in [0.5, 0.6) is 11.5 Å². The van der Waals surface area contributed by atoms with E-state index in [1.54, 1.807) is 6.92 Å². The van der Waals surface area contributed by atoms with Crippen molar-refractivity contribution in [3.8, 4) is 11.5 Å². The molecule has 2 unspecified atom stereocenters. The smallest absolute Gasteiger partial charge is 0.264 e. The highest BCUT2D eigenvalue weighted by atomic mass is 16.5. The van der Waals surface area contributed by atoms with Crippen LogP contribution in [0.25, 0.3) is 0 Å². The molecule has 1 fully saturated rings. The number of hydrogen-bond donors (Lipinski definition) is 4. The number of carbonyl (C=O) groups is 2. The lowest BCUT2D eigenvalue weighted by molar-refractivity contribution is -0.140. The third-order valence-electron chi connectivity index (χ3n) is 6.64. The number of aliphatic hydroxyl groups excluding tert-OH is 1. The fourth-order valence-corrected chi connectivity index (χ4v) is 4.20. The molecular weight excluding hydrogens is 414 g/mol. The lowest BCUT2D eigenvalue weighted by Crippen LogP contribution is -2.58. The molecule has 1 aromatic rings. The summed E-state index contributed by atoms with van der Waals surface area (Å²) in [5, 5.41) is 25.5. The van der Waals surface area contributed by atoms with Crippen LogP contribution in [0.4, 0.5) is 0 Å². The number of amides is 2. The number of aliphatic hydroxyl groups is 1. The molecular formula is C23H35N3O6. The Morgan fingerprint density at radius 1 is 1.16 bits per heavy atom. The number of nitrogens with one attached hydrogen (secondary N) is 2. The minimum atomic E-state index is -1.19. The standard InChI is InChI=1S/C23H35N3O6/c1-14-15(2)20-17(16(3)19(14)28)5-6-23(4,32-20)22(30)25-18(13-27)21(29)24-7-8-26-9-11-31-12-10-26/h18,27-28H,5-13H2,1-4H3,(H,24,29)(H,25,30). The summed E-state index contributed by atoms with van der Waals surface area (Å²) in [5.41, 5.74) is 1.99. The molecule has 9 nitrogen and oxygen atoms in total. The lowest BCUT2D eigenvalue weighted by Gasteiger charge is -2.37. The maximum absolute atomic E-state index is 13.1. The van der Waals surface area contributed by atoms with Crippen LogP contribution in [-0.4, -0.2) is 84.6 Å².